The van der Waals surface area contributed by atoms with Gasteiger partial charge < -0.3 is 5.32 Å². The highest BCUT2D eigenvalue weighted by atomic mass is 79.9. The fourth-order valence-electron chi connectivity index (χ4n) is 1.16. The maximum absolute atomic E-state index is 13.3. The van der Waals surface area contributed by atoms with Crippen LogP contribution in [0.1, 0.15) is 15.9 Å². The molecule has 4 heteroatoms. The molecule has 76 valence electrons. The van der Waals surface area contributed by atoms with E-state index in [0.29, 0.717) is 4.47 Å². The van der Waals surface area contributed by atoms with Crippen molar-refractivity contribution in [3.8, 4) is 0 Å². The van der Waals surface area contributed by atoms with E-state index in [1.54, 1.807) is 13.1 Å². The number of hydrogen-bond acceptors (Lipinski definition) is 2. The van der Waals surface area contributed by atoms with Crippen LogP contribution in [-0.4, -0.2) is 19.4 Å². The van der Waals surface area contributed by atoms with Gasteiger partial charge in [-0.15, -0.1) is 0 Å². The molecule has 0 saturated heterocycles. The van der Waals surface area contributed by atoms with E-state index in [2.05, 4.69) is 21.2 Å². The molecular formula is C10H11BrFNO. The lowest BCUT2D eigenvalue weighted by Crippen LogP contribution is -2.20. The summed E-state index contributed by atoms with van der Waals surface area (Å²) in [6.45, 7) is 1.96. The number of rotatable bonds is 3. The maximum atomic E-state index is 13.3. The highest BCUT2D eigenvalue weighted by molar-refractivity contribution is 9.10. The van der Waals surface area contributed by atoms with E-state index in [0.717, 1.165) is 5.56 Å². The van der Waals surface area contributed by atoms with Gasteiger partial charge in [-0.3, -0.25) is 4.79 Å². The first kappa shape index (κ1) is 11.3. The van der Waals surface area contributed by atoms with Crippen LogP contribution >= 0.6 is 15.9 Å². The lowest BCUT2D eigenvalue weighted by Gasteiger charge is -2.07. The molecule has 0 unspecified atom stereocenters. The molecule has 0 aliphatic carbocycles. The number of likely N-dealkylation sites (N-methyl/N-ethyl adjacent to an activating group) is 1. The number of benzene rings is 1. The number of carbonyl (C=O) groups is 1. The largest absolute Gasteiger partial charge is 0.313 e. The molecule has 1 aromatic rings. The van der Waals surface area contributed by atoms with Crippen LogP contribution in [0.4, 0.5) is 4.39 Å². The van der Waals surface area contributed by atoms with Gasteiger partial charge in [0.15, 0.2) is 5.78 Å². The molecule has 2 nitrogen and oxygen atoms in total. The molecule has 0 atom stereocenters. The normalized spacial score (nSPS) is 10.3. The predicted molar refractivity (Wildman–Crippen MR) is 57.1 cm³/mol. The number of carbonyl (C=O) groups excluding carboxylic acids is 1. The van der Waals surface area contributed by atoms with Crippen molar-refractivity contribution in [2.75, 3.05) is 13.6 Å². The van der Waals surface area contributed by atoms with Gasteiger partial charge in [0.2, 0.25) is 0 Å². The van der Waals surface area contributed by atoms with Gasteiger partial charge in [-0.1, -0.05) is 6.07 Å². The SMILES string of the molecule is CNCC(=O)c1c(F)ccc(C)c1Br. The van der Waals surface area contributed by atoms with Crippen molar-refractivity contribution in [3.05, 3.63) is 33.5 Å². The first-order valence-electron chi connectivity index (χ1n) is 4.20. The minimum absolute atomic E-state index is 0.124. The zero-order valence-electron chi connectivity index (χ0n) is 8.03. The highest BCUT2D eigenvalue weighted by Gasteiger charge is 2.15. The van der Waals surface area contributed by atoms with Gasteiger partial charge >= 0.3 is 0 Å². The van der Waals surface area contributed by atoms with Crippen molar-refractivity contribution in [1.82, 2.24) is 5.32 Å². The van der Waals surface area contributed by atoms with Crippen LogP contribution < -0.4 is 5.32 Å². The Morgan fingerprint density at radius 2 is 2.21 bits per heavy atom. The van der Waals surface area contributed by atoms with Crippen LogP contribution in [0, 0.1) is 12.7 Å². The monoisotopic (exact) mass is 259 g/mol. The fourth-order valence-corrected chi connectivity index (χ4v) is 1.70. The number of aryl methyl sites for hydroxylation is 1. The quantitative estimate of drug-likeness (QED) is 0.845. The molecule has 14 heavy (non-hydrogen) atoms. The predicted octanol–water partition coefficient (Wildman–Crippen LogP) is 2.30. The first-order valence-corrected chi connectivity index (χ1v) is 4.99. The fraction of sp³-hybridized carbons (Fsp3) is 0.300. The molecule has 0 saturated carbocycles. The number of ketones is 1. The van der Waals surface area contributed by atoms with Crippen molar-refractivity contribution in [2.45, 2.75) is 6.92 Å². The molecule has 0 radical (unpaired) electrons. The number of halogens is 2. The highest BCUT2D eigenvalue weighted by Crippen LogP contribution is 2.24. The minimum Gasteiger partial charge on any atom is -0.313 e. The van der Waals surface area contributed by atoms with E-state index in [4.69, 9.17) is 0 Å². The zero-order valence-corrected chi connectivity index (χ0v) is 9.61. The van der Waals surface area contributed by atoms with Gasteiger partial charge in [-0.25, -0.2) is 4.39 Å². The van der Waals surface area contributed by atoms with E-state index in [1.165, 1.54) is 6.07 Å². The van der Waals surface area contributed by atoms with Crippen molar-refractivity contribution in [3.63, 3.8) is 0 Å². The van der Waals surface area contributed by atoms with Gasteiger partial charge in [0.25, 0.3) is 0 Å². The Kier molecular flexibility index (Phi) is 3.77. The Morgan fingerprint density at radius 1 is 1.57 bits per heavy atom. The summed E-state index contributed by atoms with van der Waals surface area (Å²) in [5, 5.41) is 2.70. The van der Waals surface area contributed by atoms with E-state index < -0.39 is 5.82 Å². The molecule has 0 aliphatic heterocycles. The Bertz CT molecular complexity index is 365. The molecule has 1 N–H and O–H groups in total. The van der Waals surface area contributed by atoms with Crippen LogP contribution in [0.25, 0.3) is 0 Å². The topological polar surface area (TPSA) is 29.1 Å². The first-order chi connectivity index (χ1) is 6.57. The number of Topliss-reactive ketones (excluding diaryl/α,β-unsaturated/α-hetero) is 1. The Morgan fingerprint density at radius 3 is 2.79 bits per heavy atom. The van der Waals surface area contributed by atoms with Crippen molar-refractivity contribution in [2.24, 2.45) is 0 Å². The summed E-state index contributed by atoms with van der Waals surface area (Å²) in [6, 6.07) is 2.94. The average molecular weight is 260 g/mol. The summed E-state index contributed by atoms with van der Waals surface area (Å²) >= 11 is 3.21. The number of nitrogens with one attached hydrogen (secondary N) is 1. The van der Waals surface area contributed by atoms with Crippen molar-refractivity contribution < 1.29 is 9.18 Å². The Balaban J connectivity index is 3.18. The summed E-state index contributed by atoms with van der Waals surface area (Å²) in [5.41, 5.74) is 0.977. The van der Waals surface area contributed by atoms with Gasteiger partial charge in [0.05, 0.1) is 12.1 Å². The third-order valence-corrected chi connectivity index (χ3v) is 2.92. The average Bonchev–Trinajstić information content (AvgIpc) is 2.13. The van der Waals surface area contributed by atoms with Crippen LogP contribution in [0.15, 0.2) is 16.6 Å². The molecular weight excluding hydrogens is 249 g/mol. The van der Waals surface area contributed by atoms with Crippen molar-refractivity contribution in [1.29, 1.82) is 0 Å². The van der Waals surface area contributed by atoms with Crippen molar-refractivity contribution >= 4 is 21.7 Å². The van der Waals surface area contributed by atoms with Gasteiger partial charge in [-0.05, 0) is 41.5 Å². The molecule has 0 amide bonds. The maximum Gasteiger partial charge on any atom is 0.180 e. The summed E-state index contributed by atoms with van der Waals surface area (Å²) in [7, 11) is 1.65. The second-order valence-corrected chi connectivity index (χ2v) is 3.80. The second-order valence-electron chi connectivity index (χ2n) is 3.01. The van der Waals surface area contributed by atoms with Crippen LogP contribution in [0.3, 0.4) is 0 Å². The molecule has 1 aromatic carbocycles. The standard InChI is InChI=1S/C10H11BrFNO/c1-6-3-4-7(12)9(10(6)11)8(14)5-13-2/h3-4,13H,5H2,1-2H3. The third kappa shape index (κ3) is 2.19. The van der Waals surface area contributed by atoms with Crippen LogP contribution in [0.5, 0.6) is 0 Å². The van der Waals surface area contributed by atoms with E-state index in [1.807, 2.05) is 6.92 Å². The van der Waals surface area contributed by atoms with E-state index in [9.17, 15) is 9.18 Å². The number of hydrogen-bond donors (Lipinski definition) is 1. The lowest BCUT2D eigenvalue weighted by atomic mass is 10.1. The van der Waals surface area contributed by atoms with E-state index in [-0.39, 0.29) is 17.9 Å². The molecule has 0 aliphatic rings. The third-order valence-electron chi connectivity index (χ3n) is 1.90. The second kappa shape index (κ2) is 4.66. The molecule has 0 aromatic heterocycles. The summed E-state index contributed by atoms with van der Waals surface area (Å²) < 4.78 is 13.9. The lowest BCUT2D eigenvalue weighted by molar-refractivity contribution is 0.0989. The zero-order chi connectivity index (χ0) is 10.7. The van der Waals surface area contributed by atoms with Crippen LogP contribution in [0.2, 0.25) is 0 Å². The molecule has 1 rings (SSSR count). The Hall–Kier alpha value is -0.740. The van der Waals surface area contributed by atoms with Gasteiger partial charge in [0.1, 0.15) is 5.82 Å². The van der Waals surface area contributed by atoms with Crippen LogP contribution in [-0.2, 0) is 0 Å². The summed E-state index contributed by atoms with van der Waals surface area (Å²) in [5.74, 6) is -0.733. The Labute approximate surface area is 90.6 Å². The molecule has 0 bridgehead atoms. The summed E-state index contributed by atoms with van der Waals surface area (Å²) in [6.07, 6.45) is 0. The molecule has 0 fully saturated rings. The molecule has 0 heterocycles. The smallest absolute Gasteiger partial charge is 0.180 e. The van der Waals surface area contributed by atoms with Gasteiger partial charge in [0, 0.05) is 4.47 Å². The molecule has 0 spiro atoms. The minimum atomic E-state index is -0.484. The summed E-state index contributed by atoms with van der Waals surface area (Å²) in [4.78, 5) is 11.5. The van der Waals surface area contributed by atoms with Gasteiger partial charge in [-0.2, -0.15) is 0 Å². The van der Waals surface area contributed by atoms with E-state index >= 15 is 0 Å².